The third kappa shape index (κ3) is 11.2. The highest BCUT2D eigenvalue weighted by Gasteiger charge is 2.22. The molecule has 32 heavy (non-hydrogen) atoms. The van der Waals surface area contributed by atoms with Crippen LogP contribution >= 0.6 is 24.0 Å². The second kappa shape index (κ2) is 14.4. The lowest BCUT2D eigenvalue weighted by Gasteiger charge is -2.34. The molecule has 1 fully saturated rings. The molecule has 1 heterocycles. The normalized spacial score (nSPS) is 15.1. The smallest absolute Gasteiger partial charge is 0.407 e. The van der Waals surface area contributed by atoms with Crippen molar-refractivity contribution in [2.45, 2.75) is 65.2 Å². The highest BCUT2D eigenvalue weighted by molar-refractivity contribution is 14.0. The number of benzene rings is 1. The number of carbonyl (C=O) groups is 1. The summed E-state index contributed by atoms with van der Waals surface area (Å²) in [6, 6.07) is 7.15. The van der Waals surface area contributed by atoms with Crippen LogP contribution in [0.1, 0.15) is 52.5 Å². The molecule has 0 atom stereocenters. The molecule has 9 heteroatoms. The number of nitrogens with one attached hydrogen (secondary N) is 2. The minimum absolute atomic E-state index is 0. The van der Waals surface area contributed by atoms with Gasteiger partial charge in [-0.1, -0.05) is 12.1 Å². The zero-order valence-electron chi connectivity index (χ0n) is 19.7. The molecule has 1 aromatic carbocycles. The molecule has 1 aliphatic rings. The number of likely N-dealkylation sites (tertiary alicyclic amines) is 1. The Kier molecular flexibility index (Phi) is 12.7. The highest BCUT2D eigenvalue weighted by atomic mass is 127. The number of nitrogens with zero attached hydrogens (tertiary/aromatic N) is 2. The second-order valence-electron chi connectivity index (χ2n) is 8.68. The van der Waals surface area contributed by atoms with Gasteiger partial charge in [0.05, 0.1) is 12.6 Å². The first-order valence-corrected chi connectivity index (χ1v) is 11.2. The fraction of sp³-hybridized carbons (Fsp3) is 0.652. The number of guanidine groups is 1. The molecule has 3 N–H and O–H groups in total. The fourth-order valence-electron chi connectivity index (χ4n) is 3.25. The number of rotatable bonds is 8. The molecule has 0 aromatic heterocycles. The Bertz CT molecular complexity index is 699. The molecular weight excluding hydrogens is 523 g/mol. The van der Waals surface area contributed by atoms with Crippen LogP contribution in [0.25, 0.3) is 0 Å². The predicted molar refractivity (Wildman–Crippen MR) is 138 cm³/mol. The van der Waals surface area contributed by atoms with E-state index in [0.717, 1.165) is 50.4 Å². The quantitative estimate of drug-likeness (QED) is 0.193. The van der Waals surface area contributed by atoms with Crippen LogP contribution in [-0.2, 0) is 16.0 Å². The van der Waals surface area contributed by atoms with E-state index in [9.17, 15) is 9.90 Å². The minimum atomic E-state index is -0.479. The maximum absolute atomic E-state index is 11.6. The van der Waals surface area contributed by atoms with E-state index in [1.165, 1.54) is 0 Å². The van der Waals surface area contributed by atoms with Gasteiger partial charge in [-0.05, 0) is 64.7 Å². The van der Waals surface area contributed by atoms with E-state index in [4.69, 9.17) is 14.5 Å². The van der Waals surface area contributed by atoms with Gasteiger partial charge in [0, 0.05) is 32.8 Å². The monoisotopic (exact) mass is 562 g/mol. The third-order valence-corrected chi connectivity index (χ3v) is 4.77. The van der Waals surface area contributed by atoms with Gasteiger partial charge in [0.1, 0.15) is 11.4 Å². The molecule has 0 bridgehead atoms. The van der Waals surface area contributed by atoms with Crippen LogP contribution in [0.4, 0.5) is 4.79 Å². The molecule has 1 aromatic rings. The van der Waals surface area contributed by atoms with Crippen molar-refractivity contribution in [2.75, 3.05) is 32.8 Å². The van der Waals surface area contributed by atoms with Crippen LogP contribution in [-0.4, -0.2) is 66.6 Å². The van der Waals surface area contributed by atoms with Crippen LogP contribution in [0.15, 0.2) is 29.3 Å². The van der Waals surface area contributed by atoms with E-state index >= 15 is 0 Å². The zero-order valence-corrected chi connectivity index (χ0v) is 22.1. The van der Waals surface area contributed by atoms with Crippen molar-refractivity contribution in [3.05, 3.63) is 29.8 Å². The van der Waals surface area contributed by atoms with Gasteiger partial charge in [0.2, 0.25) is 0 Å². The van der Waals surface area contributed by atoms with Gasteiger partial charge in [-0.2, -0.15) is 0 Å². The molecule has 0 unspecified atom stereocenters. The first-order valence-electron chi connectivity index (χ1n) is 11.2. The summed E-state index contributed by atoms with van der Waals surface area (Å²) in [5.74, 6) is 1.18. The highest BCUT2D eigenvalue weighted by Crippen LogP contribution is 2.15. The predicted octanol–water partition coefficient (Wildman–Crippen LogP) is 3.87. The number of aromatic hydroxyl groups is 1. The van der Waals surface area contributed by atoms with Gasteiger partial charge in [-0.3, -0.25) is 0 Å². The van der Waals surface area contributed by atoms with E-state index < -0.39 is 5.60 Å². The Morgan fingerprint density at radius 1 is 1.19 bits per heavy atom. The molecule has 1 amide bonds. The van der Waals surface area contributed by atoms with Crippen molar-refractivity contribution in [1.82, 2.24) is 15.5 Å². The van der Waals surface area contributed by atoms with Crippen LogP contribution in [0.5, 0.6) is 5.75 Å². The molecule has 182 valence electrons. The Morgan fingerprint density at radius 3 is 2.44 bits per heavy atom. The maximum atomic E-state index is 11.6. The third-order valence-electron chi connectivity index (χ3n) is 4.77. The molecule has 1 aliphatic heterocycles. The van der Waals surface area contributed by atoms with Gasteiger partial charge in [-0.15, -0.1) is 24.0 Å². The number of hydrogen-bond acceptors (Lipinski definition) is 5. The summed E-state index contributed by atoms with van der Waals surface area (Å²) >= 11 is 0. The number of aliphatic imine (C=N–C) groups is 1. The second-order valence-corrected chi connectivity index (χ2v) is 8.68. The lowest BCUT2D eigenvalue weighted by Crippen LogP contribution is -2.47. The number of alkyl carbamates (subject to hydrolysis) is 1. The van der Waals surface area contributed by atoms with Crippen molar-refractivity contribution in [3.8, 4) is 5.75 Å². The molecule has 0 saturated carbocycles. The summed E-state index contributed by atoms with van der Waals surface area (Å²) in [5.41, 5.74) is 0.583. The van der Waals surface area contributed by atoms with Crippen LogP contribution in [0, 0.1) is 0 Å². The van der Waals surface area contributed by atoms with E-state index in [0.29, 0.717) is 19.7 Å². The first-order chi connectivity index (χ1) is 14.8. The number of hydrogen-bond donors (Lipinski definition) is 3. The molecular formula is C23H39IN4O4. The standard InChI is InChI=1S/C23H38N4O4.HI/c1-5-24-21(26-17-18-7-9-19(28)10-8-18)27-14-11-20(12-15-27)30-16-6-13-25-22(29)31-23(2,3)4;/h7-10,20,28H,5-6,11-17H2,1-4H3,(H,24,26)(H,25,29);1H. The average molecular weight is 562 g/mol. The number of ether oxygens (including phenoxy) is 2. The maximum Gasteiger partial charge on any atom is 0.407 e. The summed E-state index contributed by atoms with van der Waals surface area (Å²) in [7, 11) is 0. The number of amides is 1. The number of piperidine rings is 1. The number of phenolic OH excluding ortho intramolecular Hbond substituents is 1. The molecule has 2 rings (SSSR count). The van der Waals surface area contributed by atoms with Gasteiger partial charge in [0.15, 0.2) is 5.96 Å². The fourth-order valence-corrected chi connectivity index (χ4v) is 3.25. The first kappa shape index (κ1) is 28.3. The van der Waals surface area contributed by atoms with Crippen LogP contribution in [0.3, 0.4) is 0 Å². The number of halogens is 1. The molecule has 0 aliphatic carbocycles. The lowest BCUT2D eigenvalue weighted by molar-refractivity contribution is 0.0170. The molecule has 0 radical (unpaired) electrons. The SMILES string of the molecule is CCNC(=NCc1ccc(O)cc1)N1CCC(OCCCNC(=O)OC(C)(C)C)CC1.I. The van der Waals surface area contributed by atoms with E-state index in [-0.39, 0.29) is 41.9 Å². The topological polar surface area (TPSA) is 95.4 Å². The number of carbonyl (C=O) groups excluding carboxylic acids is 1. The largest absolute Gasteiger partial charge is 0.508 e. The van der Waals surface area contributed by atoms with Crippen LogP contribution < -0.4 is 10.6 Å². The van der Waals surface area contributed by atoms with Crippen molar-refractivity contribution in [3.63, 3.8) is 0 Å². The summed E-state index contributed by atoms with van der Waals surface area (Å²) in [5, 5.41) is 15.5. The van der Waals surface area contributed by atoms with Gasteiger partial charge in [-0.25, -0.2) is 9.79 Å². The van der Waals surface area contributed by atoms with Gasteiger partial charge >= 0.3 is 6.09 Å². The lowest BCUT2D eigenvalue weighted by atomic mass is 10.1. The Hall–Kier alpha value is -1.75. The van der Waals surface area contributed by atoms with Crippen LogP contribution in [0.2, 0.25) is 0 Å². The molecule has 0 spiro atoms. The average Bonchev–Trinajstić information content (AvgIpc) is 2.71. The minimum Gasteiger partial charge on any atom is -0.508 e. The van der Waals surface area contributed by atoms with Crippen molar-refractivity contribution >= 4 is 36.0 Å². The molecule has 8 nitrogen and oxygen atoms in total. The Balaban J connectivity index is 0.00000512. The van der Waals surface area contributed by atoms with Crippen molar-refractivity contribution in [1.29, 1.82) is 0 Å². The summed E-state index contributed by atoms with van der Waals surface area (Å²) in [6.45, 7) is 11.9. The van der Waals surface area contributed by atoms with E-state index in [1.54, 1.807) is 12.1 Å². The summed E-state index contributed by atoms with van der Waals surface area (Å²) in [4.78, 5) is 18.6. The van der Waals surface area contributed by atoms with E-state index in [1.807, 2.05) is 32.9 Å². The summed E-state index contributed by atoms with van der Waals surface area (Å²) in [6.07, 6.45) is 2.50. The number of phenols is 1. The van der Waals surface area contributed by atoms with Crippen molar-refractivity contribution < 1.29 is 19.4 Å². The van der Waals surface area contributed by atoms with Gasteiger partial charge < -0.3 is 30.1 Å². The Morgan fingerprint density at radius 2 is 1.84 bits per heavy atom. The zero-order chi connectivity index (χ0) is 22.7. The summed E-state index contributed by atoms with van der Waals surface area (Å²) < 4.78 is 11.2. The Labute approximate surface area is 209 Å². The van der Waals surface area contributed by atoms with E-state index in [2.05, 4.69) is 22.5 Å². The van der Waals surface area contributed by atoms with Gasteiger partial charge in [0.25, 0.3) is 0 Å². The van der Waals surface area contributed by atoms with Crippen molar-refractivity contribution in [2.24, 2.45) is 4.99 Å². The molecule has 1 saturated heterocycles.